The largest absolute Gasteiger partial charge is 0.678 e. The average Bonchev–Trinajstić information content (AvgIpc) is 4.09. The molecule has 1 aliphatic heterocycles. The zero-order chi connectivity index (χ0) is 46.1. The highest BCUT2D eigenvalue weighted by Gasteiger charge is 2.25. The lowest BCUT2D eigenvalue weighted by Crippen LogP contribution is -2.38. The van der Waals surface area contributed by atoms with Crippen molar-refractivity contribution < 1.29 is 28.1 Å². The number of aliphatic imine (C=N–C) groups is 1. The quantitative estimate of drug-likeness (QED) is 0.0422. The number of phenolic OH excluding ortho intramolecular Hbond substituents is 1. The molecular formula is C52H60BF2N5O4S. The summed E-state index contributed by atoms with van der Waals surface area (Å²) in [6.45, 7) is 10.7. The lowest BCUT2D eigenvalue weighted by molar-refractivity contribution is -0.123. The van der Waals surface area contributed by atoms with E-state index in [1.807, 2.05) is 72.1 Å². The van der Waals surface area contributed by atoms with Crippen molar-refractivity contribution in [3.8, 4) is 22.1 Å². The SMILES string of the molecule is CC(C)N(CC[C@H](c1ccccc1)c1cc(CCNC(=O)CCCCCNC(=O)COc2ccc(/C=C/C3=NC(=C\c4ccc(-c5cccs5)n4B(F)F)/C=C3)cc2)ccc1O)C(C)C. The molecule has 9 nitrogen and oxygen atoms in total. The highest BCUT2D eigenvalue weighted by molar-refractivity contribution is 7.13. The number of carbonyl (C=O) groups excluding carboxylic acids is 2. The van der Waals surface area contributed by atoms with Crippen LogP contribution in [-0.2, 0) is 16.0 Å². The minimum atomic E-state index is -2.68. The molecule has 3 heterocycles. The van der Waals surface area contributed by atoms with Gasteiger partial charge in [0.15, 0.2) is 6.61 Å². The molecule has 0 unspecified atom stereocenters. The van der Waals surface area contributed by atoms with E-state index in [1.54, 1.807) is 42.5 Å². The first-order valence-electron chi connectivity index (χ1n) is 22.5. The molecular weight excluding hydrogens is 839 g/mol. The third-order valence-electron chi connectivity index (χ3n) is 11.4. The minimum Gasteiger partial charge on any atom is -0.508 e. The Hall–Kier alpha value is -6.05. The van der Waals surface area contributed by atoms with Gasteiger partial charge in [0.1, 0.15) is 11.5 Å². The monoisotopic (exact) mass is 899 g/mol. The van der Waals surface area contributed by atoms with E-state index in [0.29, 0.717) is 72.3 Å². The molecule has 3 aromatic carbocycles. The second-order valence-electron chi connectivity index (χ2n) is 16.7. The molecule has 0 saturated carbocycles. The number of nitrogens with zero attached hydrogens (tertiary/aromatic N) is 3. The standard InChI is InChI=1S/C52H60BF2N5O4S/c1-37(2)59(38(3)4)32-29-46(41-12-7-5-8-13-41)47-34-40(19-27-49(47)61)28-31-57-51(62)15-9-6-10-30-56-52(63)36-64-45-24-17-39(18-25-45)16-20-42-21-22-43(58-42)35-44-23-26-48(60(44)53(54)55)50-14-11-33-65-50/h5,7-8,11-14,16-27,33-35,37-38,46,61H,6,9-10,15,28-32,36H2,1-4H3,(H,56,63)(H,57,62)/b20-16+,43-35-/t46-/m1/s1. The van der Waals surface area contributed by atoms with E-state index in [4.69, 9.17) is 4.74 Å². The van der Waals surface area contributed by atoms with Crippen LogP contribution in [0.25, 0.3) is 22.7 Å². The lowest BCUT2D eigenvalue weighted by Gasteiger charge is -2.32. The van der Waals surface area contributed by atoms with Gasteiger partial charge in [-0.25, -0.2) is 4.99 Å². The molecule has 0 saturated heterocycles. The van der Waals surface area contributed by atoms with Gasteiger partial charge in [-0.05, 0) is 143 Å². The summed E-state index contributed by atoms with van der Waals surface area (Å²) < 4.78 is 34.7. The Labute approximate surface area is 386 Å². The number of thiophene rings is 1. The number of allylic oxidation sites excluding steroid dienone is 3. The van der Waals surface area contributed by atoms with Gasteiger partial charge < -0.3 is 25.0 Å². The number of unbranched alkanes of at least 4 members (excludes halogenated alkanes) is 2. The van der Waals surface area contributed by atoms with E-state index in [1.165, 1.54) is 16.9 Å². The van der Waals surface area contributed by atoms with Crippen molar-refractivity contribution in [1.82, 2.24) is 20.0 Å². The van der Waals surface area contributed by atoms with Crippen molar-refractivity contribution in [3.05, 3.63) is 154 Å². The van der Waals surface area contributed by atoms with E-state index in [0.717, 1.165) is 58.3 Å². The van der Waals surface area contributed by atoms with Crippen LogP contribution in [0.3, 0.4) is 0 Å². The summed E-state index contributed by atoms with van der Waals surface area (Å²) in [5, 5.41) is 18.8. The highest BCUT2D eigenvalue weighted by atomic mass is 32.1. The number of rotatable bonds is 24. The Bertz CT molecular complexity index is 2420. The van der Waals surface area contributed by atoms with Gasteiger partial charge in [0.2, 0.25) is 5.91 Å². The predicted molar refractivity (Wildman–Crippen MR) is 263 cm³/mol. The average molecular weight is 900 g/mol. The predicted octanol–water partition coefficient (Wildman–Crippen LogP) is 10.8. The van der Waals surface area contributed by atoms with E-state index < -0.39 is 7.40 Å². The first-order chi connectivity index (χ1) is 31.4. The first kappa shape index (κ1) is 48.4. The topological polar surface area (TPSA) is 108 Å². The number of nitrogens with one attached hydrogen (secondary N) is 2. The number of amides is 2. The van der Waals surface area contributed by atoms with Gasteiger partial charge >= 0.3 is 7.40 Å². The maximum atomic E-state index is 14.0. The van der Waals surface area contributed by atoms with Crippen molar-refractivity contribution in [3.63, 3.8) is 0 Å². The van der Waals surface area contributed by atoms with E-state index in [-0.39, 0.29) is 24.3 Å². The molecule has 3 N–H and O–H groups in total. The molecule has 1 aliphatic rings. The van der Waals surface area contributed by atoms with E-state index in [2.05, 4.69) is 66.4 Å². The third kappa shape index (κ3) is 14.5. The van der Waals surface area contributed by atoms with Crippen molar-refractivity contribution in [1.29, 1.82) is 0 Å². The Morgan fingerprint density at radius 2 is 1.63 bits per heavy atom. The molecule has 0 radical (unpaired) electrons. The fourth-order valence-corrected chi connectivity index (χ4v) is 8.81. The molecule has 0 bridgehead atoms. The zero-order valence-electron chi connectivity index (χ0n) is 37.8. The van der Waals surface area contributed by atoms with Gasteiger partial charge in [-0.3, -0.25) is 23.1 Å². The number of halogens is 2. The molecule has 0 aliphatic carbocycles. The molecule has 340 valence electrons. The summed E-state index contributed by atoms with van der Waals surface area (Å²) in [4.78, 5) is 32.9. The molecule has 13 heteroatoms. The summed E-state index contributed by atoms with van der Waals surface area (Å²) >= 11 is 1.42. The molecule has 0 spiro atoms. The molecule has 2 aromatic heterocycles. The van der Waals surface area contributed by atoms with Crippen LogP contribution in [0.4, 0.5) is 8.63 Å². The van der Waals surface area contributed by atoms with Crippen molar-refractivity contribution in [2.75, 3.05) is 26.2 Å². The summed E-state index contributed by atoms with van der Waals surface area (Å²) in [5.41, 5.74) is 6.20. The van der Waals surface area contributed by atoms with Crippen molar-refractivity contribution >= 4 is 48.4 Å². The van der Waals surface area contributed by atoms with Gasteiger partial charge in [0.25, 0.3) is 5.91 Å². The lowest BCUT2D eigenvalue weighted by atomic mass is 9.86. The molecule has 0 fully saturated rings. The van der Waals surface area contributed by atoms with Gasteiger partial charge in [-0.15, -0.1) is 11.3 Å². The first-order valence-corrected chi connectivity index (χ1v) is 23.4. The van der Waals surface area contributed by atoms with Crippen LogP contribution in [-0.4, -0.2) is 77.7 Å². The number of aromatic hydroxyl groups is 1. The van der Waals surface area contributed by atoms with Gasteiger partial charge in [-0.2, -0.15) is 0 Å². The van der Waals surface area contributed by atoms with Crippen LogP contribution >= 0.6 is 11.3 Å². The number of ether oxygens (including phenoxy) is 1. The van der Waals surface area contributed by atoms with Crippen molar-refractivity contribution in [2.45, 2.75) is 84.2 Å². The molecule has 65 heavy (non-hydrogen) atoms. The van der Waals surface area contributed by atoms with Crippen LogP contribution in [0.15, 0.2) is 131 Å². The van der Waals surface area contributed by atoms with E-state index in [9.17, 15) is 23.3 Å². The normalized spacial score (nSPS) is 13.6. The number of hydrogen-bond acceptors (Lipinski definition) is 7. The third-order valence-corrected chi connectivity index (χ3v) is 12.3. The number of aromatic nitrogens is 1. The van der Waals surface area contributed by atoms with Crippen LogP contribution in [0.5, 0.6) is 11.5 Å². The zero-order valence-corrected chi connectivity index (χ0v) is 38.6. The molecule has 1 atom stereocenters. The fraction of sp³-hybridized carbons (Fsp3) is 0.327. The summed E-state index contributed by atoms with van der Waals surface area (Å²) in [5.74, 6) is 0.690. The van der Waals surface area contributed by atoms with E-state index >= 15 is 0 Å². The highest BCUT2D eigenvalue weighted by Crippen LogP contribution is 2.35. The van der Waals surface area contributed by atoms with Crippen LogP contribution in [0, 0.1) is 0 Å². The van der Waals surface area contributed by atoms with Crippen molar-refractivity contribution in [2.24, 2.45) is 4.99 Å². The minimum absolute atomic E-state index is 0.00290. The van der Waals surface area contributed by atoms with Gasteiger partial charge in [0, 0.05) is 53.6 Å². The second kappa shape index (κ2) is 24.3. The Morgan fingerprint density at radius 3 is 2.35 bits per heavy atom. The van der Waals surface area contributed by atoms with Crippen LogP contribution < -0.4 is 15.4 Å². The van der Waals surface area contributed by atoms with Crippen LogP contribution in [0.1, 0.15) is 93.7 Å². The maximum Gasteiger partial charge on any atom is 0.678 e. The number of carbonyl (C=O) groups is 2. The molecule has 5 aromatic rings. The van der Waals surface area contributed by atoms with Gasteiger partial charge in [-0.1, -0.05) is 73.2 Å². The number of phenols is 1. The number of hydrogen-bond donors (Lipinski definition) is 3. The molecule has 6 rings (SSSR count). The second-order valence-corrected chi connectivity index (χ2v) is 17.7. The Balaban J connectivity index is 0.856. The Kier molecular flexibility index (Phi) is 18.1. The summed E-state index contributed by atoms with van der Waals surface area (Å²) in [7, 11) is -2.68. The maximum absolute atomic E-state index is 14.0. The Morgan fingerprint density at radius 1 is 0.862 bits per heavy atom. The molecule has 2 amide bonds. The fourth-order valence-electron chi connectivity index (χ4n) is 8.07. The summed E-state index contributed by atoms with van der Waals surface area (Å²) in [6.07, 6.45) is 13.3. The van der Waals surface area contributed by atoms with Gasteiger partial charge in [0.05, 0.1) is 17.1 Å². The smallest absolute Gasteiger partial charge is 0.508 e. The summed E-state index contributed by atoms with van der Waals surface area (Å²) in [6, 6.07) is 31.4. The number of benzene rings is 3. The van der Waals surface area contributed by atoms with Crippen LogP contribution in [0.2, 0.25) is 0 Å².